The van der Waals surface area contributed by atoms with E-state index < -0.39 is 30.1 Å². The first-order valence-corrected chi connectivity index (χ1v) is 5.81. The molecular weight excluding hydrogens is 276 g/mol. The topological polar surface area (TPSA) is 21.6 Å². The SMILES string of the molecule is FC(F)(F)C1=NC(=C2CCCCC2)C(C(F)(F)F)O1. The lowest BCUT2D eigenvalue weighted by Crippen LogP contribution is -2.34. The fourth-order valence-electron chi connectivity index (χ4n) is 2.21. The van der Waals surface area contributed by atoms with E-state index in [1.807, 2.05) is 0 Å². The van der Waals surface area contributed by atoms with E-state index in [1.54, 1.807) is 0 Å². The second kappa shape index (κ2) is 4.72. The first-order valence-electron chi connectivity index (χ1n) is 5.81. The Morgan fingerprint density at radius 1 is 0.947 bits per heavy atom. The Balaban J connectivity index is 2.37. The van der Waals surface area contributed by atoms with Crippen molar-refractivity contribution in [3.05, 3.63) is 11.3 Å². The molecule has 1 aliphatic heterocycles. The van der Waals surface area contributed by atoms with Crippen LogP contribution in [-0.2, 0) is 4.74 Å². The maximum atomic E-state index is 12.7. The number of allylic oxidation sites excluding steroid dienone is 1. The summed E-state index contributed by atoms with van der Waals surface area (Å²) in [5, 5.41) is 0. The third kappa shape index (κ3) is 3.03. The molecule has 0 aromatic carbocycles. The lowest BCUT2D eigenvalue weighted by molar-refractivity contribution is -0.189. The van der Waals surface area contributed by atoms with Gasteiger partial charge in [-0.15, -0.1) is 0 Å². The molecule has 2 aliphatic rings. The molecule has 0 bridgehead atoms. The van der Waals surface area contributed by atoms with Crippen molar-refractivity contribution in [3.63, 3.8) is 0 Å². The molecule has 2 rings (SSSR count). The largest absolute Gasteiger partial charge is 0.468 e. The van der Waals surface area contributed by atoms with Gasteiger partial charge in [-0.25, -0.2) is 4.99 Å². The lowest BCUT2D eigenvalue weighted by Gasteiger charge is -2.20. The van der Waals surface area contributed by atoms with Crippen LogP contribution in [0.1, 0.15) is 32.1 Å². The number of hydrogen-bond donors (Lipinski definition) is 0. The number of aliphatic imine (C=N–C) groups is 1. The van der Waals surface area contributed by atoms with Gasteiger partial charge in [-0.2, -0.15) is 26.3 Å². The summed E-state index contributed by atoms with van der Waals surface area (Å²) >= 11 is 0. The van der Waals surface area contributed by atoms with Crippen LogP contribution in [0.3, 0.4) is 0 Å². The van der Waals surface area contributed by atoms with Crippen LogP contribution in [-0.4, -0.2) is 24.4 Å². The molecule has 2 nitrogen and oxygen atoms in total. The quantitative estimate of drug-likeness (QED) is 0.614. The lowest BCUT2D eigenvalue weighted by atomic mass is 9.92. The Morgan fingerprint density at radius 2 is 1.53 bits per heavy atom. The van der Waals surface area contributed by atoms with E-state index in [-0.39, 0.29) is 0 Å². The predicted molar refractivity (Wildman–Crippen MR) is 54.5 cm³/mol. The van der Waals surface area contributed by atoms with Gasteiger partial charge >= 0.3 is 12.4 Å². The highest BCUT2D eigenvalue weighted by molar-refractivity contribution is 5.85. The highest BCUT2D eigenvalue weighted by atomic mass is 19.4. The van der Waals surface area contributed by atoms with Crippen molar-refractivity contribution < 1.29 is 31.1 Å². The Bertz CT molecular complexity index is 412. The average molecular weight is 287 g/mol. The van der Waals surface area contributed by atoms with Crippen molar-refractivity contribution in [3.8, 4) is 0 Å². The molecule has 1 atom stereocenters. The minimum Gasteiger partial charge on any atom is -0.455 e. The van der Waals surface area contributed by atoms with Gasteiger partial charge in [0, 0.05) is 0 Å². The van der Waals surface area contributed by atoms with Gasteiger partial charge in [0.2, 0.25) is 6.10 Å². The summed E-state index contributed by atoms with van der Waals surface area (Å²) in [6, 6.07) is 0. The van der Waals surface area contributed by atoms with Gasteiger partial charge < -0.3 is 4.74 Å². The summed E-state index contributed by atoms with van der Waals surface area (Å²) in [7, 11) is 0. The summed E-state index contributed by atoms with van der Waals surface area (Å²) < 4.78 is 79.4. The highest BCUT2D eigenvalue weighted by Gasteiger charge is 2.54. The van der Waals surface area contributed by atoms with Gasteiger partial charge in [0.05, 0.1) is 5.70 Å². The molecule has 0 aromatic heterocycles. The van der Waals surface area contributed by atoms with E-state index in [9.17, 15) is 26.3 Å². The van der Waals surface area contributed by atoms with Crippen LogP contribution in [0, 0.1) is 0 Å². The van der Waals surface area contributed by atoms with E-state index in [0.717, 1.165) is 6.42 Å². The molecule has 0 N–H and O–H groups in total. The molecule has 1 fully saturated rings. The van der Waals surface area contributed by atoms with E-state index in [2.05, 4.69) is 9.73 Å². The molecule has 1 saturated carbocycles. The Kier molecular flexibility index (Phi) is 3.53. The summed E-state index contributed by atoms with van der Waals surface area (Å²) in [6.45, 7) is 0. The molecule has 1 unspecified atom stereocenters. The normalized spacial score (nSPS) is 25.4. The van der Waals surface area contributed by atoms with Crippen LogP contribution >= 0.6 is 0 Å². The van der Waals surface area contributed by atoms with Crippen LogP contribution < -0.4 is 0 Å². The molecule has 0 saturated heterocycles. The van der Waals surface area contributed by atoms with Crippen molar-refractivity contribution in [2.75, 3.05) is 0 Å². The zero-order valence-corrected chi connectivity index (χ0v) is 9.74. The van der Waals surface area contributed by atoms with Gasteiger partial charge in [-0.1, -0.05) is 6.42 Å². The zero-order valence-electron chi connectivity index (χ0n) is 9.74. The fourth-order valence-corrected chi connectivity index (χ4v) is 2.21. The molecule has 0 aromatic rings. The number of hydrogen-bond acceptors (Lipinski definition) is 2. The number of halogens is 6. The van der Waals surface area contributed by atoms with Crippen LogP contribution in [0.15, 0.2) is 16.3 Å². The monoisotopic (exact) mass is 287 g/mol. The van der Waals surface area contributed by atoms with Crippen molar-refractivity contribution in [2.24, 2.45) is 4.99 Å². The standard InChI is InChI=1S/C11H11F6NO/c12-10(13,14)8-7(6-4-2-1-3-5-6)18-9(19-8)11(15,16)17/h8H,1-5H2. The van der Waals surface area contributed by atoms with E-state index in [4.69, 9.17) is 0 Å². The summed E-state index contributed by atoms with van der Waals surface area (Å²) in [6.07, 6.45) is -9.58. The minimum atomic E-state index is -5.00. The Morgan fingerprint density at radius 3 is 2.00 bits per heavy atom. The average Bonchev–Trinajstić information content (AvgIpc) is 2.74. The summed E-state index contributed by atoms with van der Waals surface area (Å²) in [5.74, 6) is -1.80. The molecule has 1 aliphatic carbocycles. The Hall–Kier alpha value is -1.21. The molecule has 19 heavy (non-hydrogen) atoms. The third-order valence-corrected chi connectivity index (χ3v) is 3.06. The smallest absolute Gasteiger partial charge is 0.455 e. The maximum absolute atomic E-state index is 12.7. The maximum Gasteiger partial charge on any atom is 0.468 e. The van der Waals surface area contributed by atoms with Crippen molar-refractivity contribution in [2.45, 2.75) is 50.6 Å². The van der Waals surface area contributed by atoms with Gasteiger partial charge in [-0.3, -0.25) is 0 Å². The minimum absolute atomic E-state index is 0.327. The van der Waals surface area contributed by atoms with Crippen molar-refractivity contribution in [1.29, 1.82) is 0 Å². The number of nitrogens with zero attached hydrogens (tertiary/aromatic N) is 1. The fraction of sp³-hybridized carbons (Fsp3) is 0.727. The number of rotatable bonds is 0. The van der Waals surface area contributed by atoms with Crippen molar-refractivity contribution >= 4 is 5.90 Å². The van der Waals surface area contributed by atoms with Gasteiger partial charge in [0.1, 0.15) is 0 Å². The molecule has 108 valence electrons. The summed E-state index contributed by atoms with van der Waals surface area (Å²) in [5.41, 5.74) is -0.271. The van der Waals surface area contributed by atoms with Crippen LogP contribution in [0.5, 0.6) is 0 Å². The Labute approximate surface area is 105 Å². The highest BCUT2D eigenvalue weighted by Crippen LogP contribution is 2.40. The zero-order chi connectivity index (χ0) is 14.3. The van der Waals surface area contributed by atoms with E-state index >= 15 is 0 Å². The van der Waals surface area contributed by atoms with Crippen LogP contribution in [0.2, 0.25) is 0 Å². The van der Waals surface area contributed by atoms with Crippen LogP contribution in [0.4, 0.5) is 26.3 Å². The van der Waals surface area contributed by atoms with Crippen molar-refractivity contribution in [1.82, 2.24) is 0 Å². The number of alkyl halides is 6. The van der Waals surface area contributed by atoms with Gasteiger partial charge in [0.15, 0.2) is 0 Å². The van der Waals surface area contributed by atoms with Gasteiger partial charge in [0.25, 0.3) is 5.90 Å². The summed E-state index contributed by atoms with van der Waals surface area (Å²) in [4.78, 5) is 3.06. The molecule has 1 heterocycles. The second-order valence-corrected chi connectivity index (χ2v) is 4.50. The molecule has 0 amide bonds. The molecule has 0 spiro atoms. The first kappa shape index (κ1) is 14.2. The van der Waals surface area contributed by atoms with Gasteiger partial charge in [-0.05, 0) is 31.3 Å². The first-order chi connectivity index (χ1) is 8.69. The third-order valence-electron chi connectivity index (χ3n) is 3.06. The number of ether oxygens (including phenoxy) is 1. The van der Waals surface area contributed by atoms with Crippen LogP contribution in [0.25, 0.3) is 0 Å². The van der Waals surface area contributed by atoms with E-state index in [1.165, 1.54) is 0 Å². The predicted octanol–water partition coefficient (Wildman–Crippen LogP) is 4.13. The molecular formula is C11H11F6NO. The molecule has 0 radical (unpaired) electrons. The van der Waals surface area contributed by atoms with E-state index in [0.29, 0.717) is 31.3 Å². The molecule has 8 heteroatoms. The second-order valence-electron chi connectivity index (χ2n) is 4.50.